The Morgan fingerprint density at radius 2 is 2.31 bits per heavy atom. The molecule has 0 aromatic rings. The van der Waals surface area contributed by atoms with E-state index in [0.717, 1.165) is 19.4 Å². The summed E-state index contributed by atoms with van der Waals surface area (Å²) in [5.74, 6) is 0.845. The van der Waals surface area contributed by atoms with Crippen LogP contribution in [0.1, 0.15) is 25.7 Å². The van der Waals surface area contributed by atoms with E-state index in [4.69, 9.17) is 5.73 Å². The highest BCUT2D eigenvalue weighted by Gasteiger charge is 2.24. The SMILES string of the molecule is NCC1CCCCN1C(=O)CCS. The summed E-state index contributed by atoms with van der Waals surface area (Å²) in [5, 5.41) is 0. The van der Waals surface area contributed by atoms with Gasteiger partial charge in [-0.1, -0.05) is 0 Å². The summed E-state index contributed by atoms with van der Waals surface area (Å²) in [5.41, 5.74) is 5.61. The number of carbonyl (C=O) groups is 1. The smallest absolute Gasteiger partial charge is 0.223 e. The maximum atomic E-state index is 11.6. The lowest BCUT2D eigenvalue weighted by Crippen LogP contribution is -2.47. The second-order valence-electron chi connectivity index (χ2n) is 3.45. The van der Waals surface area contributed by atoms with Gasteiger partial charge in [-0.3, -0.25) is 4.79 Å². The fourth-order valence-electron chi connectivity index (χ4n) is 1.81. The fourth-order valence-corrected chi connectivity index (χ4v) is 2.00. The molecule has 0 bridgehead atoms. The van der Waals surface area contributed by atoms with Gasteiger partial charge >= 0.3 is 0 Å². The molecule has 1 amide bonds. The number of hydrogen-bond donors (Lipinski definition) is 2. The molecular weight excluding hydrogens is 184 g/mol. The average Bonchev–Trinajstić information content (AvgIpc) is 2.18. The van der Waals surface area contributed by atoms with Crippen molar-refractivity contribution in [2.24, 2.45) is 5.73 Å². The molecule has 1 saturated heterocycles. The number of likely N-dealkylation sites (tertiary alicyclic amines) is 1. The lowest BCUT2D eigenvalue weighted by molar-refractivity contribution is -0.134. The first-order valence-corrected chi connectivity index (χ1v) is 5.53. The highest BCUT2D eigenvalue weighted by atomic mass is 32.1. The first-order chi connectivity index (χ1) is 6.29. The number of carbonyl (C=O) groups excluding carboxylic acids is 1. The van der Waals surface area contributed by atoms with Crippen LogP contribution in [0, 0.1) is 0 Å². The van der Waals surface area contributed by atoms with Crippen LogP contribution in [0.2, 0.25) is 0 Å². The second kappa shape index (κ2) is 5.50. The van der Waals surface area contributed by atoms with E-state index >= 15 is 0 Å². The summed E-state index contributed by atoms with van der Waals surface area (Å²) in [7, 11) is 0. The maximum Gasteiger partial charge on any atom is 0.223 e. The van der Waals surface area contributed by atoms with Gasteiger partial charge in [0.2, 0.25) is 5.91 Å². The van der Waals surface area contributed by atoms with E-state index in [-0.39, 0.29) is 11.9 Å². The molecule has 0 aromatic heterocycles. The fraction of sp³-hybridized carbons (Fsp3) is 0.889. The molecule has 1 rings (SSSR count). The molecule has 1 fully saturated rings. The van der Waals surface area contributed by atoms with Crippen LogP contribution in [0.25, 0.3) is 0 Å². The van der Waals surface area contributed by atoms with Crippen molar-refractivity contribution in [3.8, 4) is 0 Å². The minimum absolute atomic E-state index is 0.213. The van der Waals surface area contributed by atoms with Crippen molar-refractivity contribution in [3.05, 3.63) is 0 Å². The average molecular weight is 202 g/mol. The van der Waals surface area contributed by atoms with Crippen molar-refractivity contribution >= 4 is 18.5 Å². The molecule has 0 aromatic carbocycles. The van der Waals surface area contributed by atoms with Crippen LogP contribution < -0.4 is 5.73 Å². The van der Waals surface area contributed by atoms with E-state index in [9.17, 15) is 4.79 Å². The number of nitrogens with zero attached hydrogens (tertiary/aromatic N) is 1. The highest BCUT2D eigenvalue weighted by Crippen LogP contribution is 2.16. The van der Waals surface area contributed by atoms with Gasteiger partial charge in [0.15, 0.2) is 0 Å². The molecule has 1 aliphatic heterocycles. The molecule has 2 N–H and O–H groups in total. The summed E-state index contributed by atoms with van der Waals surface area (Å²) < 4.78 is 0. The van der Waals surface area contributed by atoms with Crippen LogP contribution in [-0.2, 0) is 4.79 Å². The van der Waals surface area contributed by atoms with Crippen LogP contribution in [0.5, 0.6) is 0 Å². The van der Waals surface area contributed by atoms with Gasteiger partial charge < -0.3 is 10.6 Å². The van der Waals surface area contributed by atoms with Gasteiger partial charge in [0.1, 0.15) is 0 Å². The van der Waals surface area contributed by atoms with Crippen LogP contribution in [0.4, 0.5) is 0 Å². The van der Waals surface area contributed by atoms with Crippen molar-refractivity contribution in [2.75, 3.05) is 18.8 Å². The summed E-state index contributed by atoms with van der Waals surface area (Å²) in [4.78, 5) is 13.5. The number of thiol groups is 1. The minimum atomic E-state index is 0.213. The van der Waals surface area contributed by atoms with Crippen LogP contribution >= 0.6 is 12.6 Å². The minimum Gasteiger partial charge on any atom is -0.338 e. The number of rotatable bonds is 3. The molecule has 1 aliphatic rings. The lowest BCUT2D eigenvalue weighted by atomic mass is 10.0. The van der Waals surface area contributed by atoms with Crippen molar-refractivity contribution in [3.63, 3.8) is 0 Å². The first kappa shape index (κ1) is 10.9. The monoisotopic (exact) mass is 202 g/mol. The standard InChI is InChI=1S/C9H18N2OS/c10-7-8-3-1-2-5-11(8)9(12)4-6-13/h8,13H,1-7,10H2. The molecular formula is C9H18N2OS. The van der Waals surface area contributed by atoms with Gasteiger partial charge in [-0.2, -0.15) is 12.6 Å². The van der Waals surface area contributed by atoms with Gasteiger partial charge in [-0.25, -0.2) is 0 Å². The van der Waals surface area contributed by atoms with E-state index in [0.29, 0.717) is 18.7 Å². The van der Waals surface area contributed by atoms with E-state index in [1.807, 2.05) is 4.90 Å². The van der Waals surface area contributed by atoms with E-state index in [2.05, 4.69) is 12.6 Å². The third-order valence-electron chi connectivity index (χ3n) is 2.55. The molecule has 1 unspecified atom stereocenters. The molecule has 1 heterocycles. The predicted octanol–water partition coefficient (Wildman–Crippen LogP) is 0.646. The van der Waals surface area contributed by atoms with E-state index in [1.165, 1.54) is 6.42 Å². The van der Waals surface area contributed by atoms with Crippen LogP contribution in [0.3, 0.4) is 0 Å². The quantitative estimate of drug-likeness (QED) is 0.660. The Kier molecular flexibility index (Phi) is 4.59. The molecule has 3 nitrogen and oxygen atoms in total. The zero-order chi connectivity index (χ0) is 9.68. The van der Waals surface area contributed by atoms with Gasteiger partial charge in [-0.05, 0) is 25.0 Å². The highest BCUT2D eigenvalue weighted by molar-refractivity contribution is 7.80. The Morgan fingerprint density at radius 1 is 1.54 bits per heavy atom. The first-order valence-electron chi connectivity index (χ1n) is 4.90. The van der Waals surface area contributed by atoms with Gasteiger partial charge in [0, 0.05) is 25.6 Å². The molecule has 76 valence electrons. The summed E-state index contributed by atoms with van der Waals surface area (Å²) in [6, 6.07) is 0.279. The number of nitrogens with two attached hydrogens (primary N) is 1. The number of hydrogen-bond acceptors (Lipinski definition) is 3. The van der Waals surface area contributed by atoms with Crippen LogP contribution in [0.15, 0.2) is 0 Å². The second-order valence-corrected chi connectivity index (χ2v) is 3.89. The van der Waals surface area contributed by atoms with E-state index in [1.54, 1.807) is 0 Å². The zero-order valence-electron chi connectivity index (χ0n) is 7.91. The summed E-state index contributed by atoms with van der Waals surface area (Å²) in [6.07, 6.45) is 3.93. The van der Waals surface area contributed by atoms with Gasteiger partial charge in [0.05, 0.1) is 0 Å². The number of amides is 1. The molecule has 13 heavy (non-hydrogen) atoms. The summed E-state index contributed by atoms with van der Waals surface area (Å²) >= 11 is 4.06. The lowest BCUT2D eigenvalue weighted by Gasteiger charge is -2.35. The van der Waals surface area contributed by atoms with Gasteiger partial charge in [-0.15, -0.1) is 0 Å². The van der Waals surface area contributed by atoms with Crippen LogP contribution in [-0.4, -0.2) is 35.7 Å². The molecule has 0 radical (unpaired) electrons. The molecule has 4 heteroatoms. The van der Waals surface area contributed by atoms with Crippen molar-refractivity contribution in [2.45, 2.75) is 31.7 Å². The zero-order valence-corrected chi connectivity index (χ0v) is 8.80. The Labute approximate surface area is 85.1 Å². The molecule has 0 aliphatic carbocycles. The summed E-state index contributed by atoms with van der Waals surface area (Å²) in [6.45, 7) is 1.48. The topological polar surface area (TPSA) is 46.3 Å². The largest absolute Gasteiger partial charge is 0.338 e. The van der Waals surface area contributed by atoms with Crippen molar-refractivity contribution in [1.29, 1.82) is 0 Å². The normalized spacial score (nSPS) is 23.2. The Balaban J connectivity index is 2.48. The predicted molar refractivity (Wildman–Crippen MR) is 56.9 cm³/mol. The third-order valence-corrected chi connectivity index (χ3v) is 2.77. The van der Waals surface area contributed by atoms with E-state index < -0.39 is 0 Å². The van der Waals surface area contributed by atoms with Crippen molar-refractivity contribution < 1.29 is 4.79 Å². The Morgan fingerprint density at radius 3 is 2.92 bits per heavy atom. The molecule has 0 saturated carbocycles. The number of piperidine rings is 1. The Hall–Kier alpha value is -0.220. The molecule has 0 spiro atoms. The Bertz CT molecular complexity index is 175. The maximum absolute atomic E-state index is 11.6. The molecule has 1 atom stereocenters. The van der Waals surface area contributed by atoms with Gasteiger partial charge in [0.25, 0.3) is 0 Å². The third kappa shape index (κ3) is 2.88. The van der Waals surface area contributed by atoms with Crippen molar-refractivity contribution in [1.82, 2.24) is 4.90 Å².